The van der Waals surface area contributed by atoms with Gasteiger partial charge >= 0.3 is 0 Å². The minimum atomic E-state index is 0.637. The first-order valence-corrected chi connectivity index (χ1v) is 6.01. The van der Waals surface area contributed by atoms with Crippen molar-refractivity contribution in [1.82, 2.24) is 4.57 Å². The summed E-state index contributed by atoms with van der Waals surface area (Å²) < 4.78 is 7.58. The van der Waals surface area contributed by atoms with Crippen molar-refractivity contribution in [3.63, 3.8) is 0 Å². The van der Waals surface area contributed by atoms with E-state index in [1.54, 1.807) is 0 Å². The van der Waals surface area contributed by atoms with Crippen LogP contribution in [-0.2, 0) is 6.54 Å². The van der Waals surface area contributed by atoms with Crippen molar-refractivity contribution in [2.24, 2.45) is 0 Å². The highest BCUT2D eigenvalue weighted by Crippen LogP contribution is 2.25. The SMILES string of the molecule is CCCn1cc(C=O)c2cc(OCC)ccc21. The third kappa shape index (κ3) is 2.18. The Morgan fingerprint density at radius 3 is 2.82 bits per heavy atom. The summed E-state index contributed by atoms with van der Waals surface area (Å²) in [7, 11) is 0. The van der Waals surface area contributed by atoms with E-state index >= 15 is 0 Å². The van der Waals surface area contributed by atoms with E-state index in [-0.39, 0.29) is 0 Å². The van der Waals surface area contributed by atoms with Crippen molar-refractivity contribution in [2.75, 3.05) is 6.61 Å². The monoisotopic (exact) mass is 231 g/mol. The Balaban J connectivity index is 2.55. The number of hydrogen-bond donors (Lipinski definition) is 0. The molecule has 0 saturated carbocycles. The van der Waals surface area contributed by atoms with Crippen LogP contribution in [0.3, 0.4) is 0 Å². The van der Waals surface area contributed by atoms with Gasteiger partial charge in [0.2, 0.25) is 0 Å². The van der Waals surface area contributed by atoms with Crippen LogP contribution in [0.25, 0.3) is 10.9 Å². The fourth-order valence-corrected chi connectivity index (χ4v) is 2.08. The van der Waals surface area contributed by atoms with E-state index in [1.165, 1.54) is 0 Å². The van der Waals surface area contributed by atoms with E-state index in [4.69, 9.17) is 4.74 Å². The van der Waals surface area contributed by atoms with Crippen LogP contribution in [0.5, 0.6) is 5.75 Å². The Hall–Kier alpha value is -1.77. The van der Waals surface area contributed by atoms with Crippen molar-refractivity contribution < 1.29 is 9.53 Å². The van der Waals surface area contributed by atoms with Gasteiger partial charge in [-0.1, -0.05) is 6.92 Å². The van der Waals surface area contributed by atoms with Crippen molar-refractivity contribution in [3.05, 3.63) is 30.0 Å². The van der Waals surface area contributed by atoms with Crippen molar-refractivity contribution in [2.45, 2.75) is 26.8 Å². The molecule has 3 heteroatoms. The number of ether oxygens (including phenoxy) is 1. The molecule has 0 unspecified atom stereocenters. The number of aromatic nitrogens is 1. The molecule has 0 atom stereocenters. The number of nitrogens with zero attached hydrogens (tertiary/aromatic N) is 1. The summed E-state index contributed by atoms with van der Waals surface area (Å²) in [5.41, 5.74) is 1.83. The average Bonchev–Trinajstić information content (AvgIpc) is 2.68. The number of benzene rings is 1. The standard InChI is InChI=1S/C14H17NO2/c1-3-7-15-9-11(10-16)13-8-12(17-4-2)5-6-14(13)15/h5-6,8-10H,3-4,7H2,1-2H3. The molecular formula is C14H17NO2. The first-order valence-electron chi connectivity index (χ1n) is 6.01. The molecule has 17 heavy (non-hydrogen) atoms. The van der Waals surface area contributed by atoms with E-state index in [2.05, 4.69) is 11.5 Å². The van der Waals surface area contributed by atoms with E-state index in [0.29, 0.717) is 6.61 Å². The van der Waals surface area contributed by atoms with Crippen LogP contribution < -0.4 is 4.74 Å². The summed E-state index contributed by atoms with van der Waals surface area (Å²) in [6.07, 6.45) is 3.87. The van der Waals surface area contributed by atoms with E-state index in [9.17, 15) is 4.79 Å². The van der Waals surface area contributed by atoms with Gasteiger partial charge in [-0.2, -0.15) is 0 Å². The van der Waals surface area contributed by atoms with Gasteiger partial charge in [-0.05, 0) is 31.5 Å². The number of carbonyl (C=O) groups excluding carboxylic acids is 1. The largest absolute Gasteiger partial charge is 0.494 e. The molecule has 0 aliphatic carbocycles. The molecular weight excluding hydrogens is 214 g/mol. The lowest BCUT2D eigenvalue weighted by atomic mass is 10.2. The van der Waals surface area contributed by atoms with E-state index in [1.807, 2.05) is 31.3 Å². The zero-order valence-electron chi connectivity index (χ0n) is 10.3. The van der Waals surface area contributed by atoms with Crippen LogP contribution in [0, 0.1) is 0 Å². The highest BCUT2D eigenvalue weighted by atomic mass is 16.5. The summed E-state index contributed by atoms with van der Waals surface area (Å²) in [6, 6.07) is 5.91. The third-order valence-electron chi connectivity index (χ3n) is 2.79. The Bertz CT molecular complexity index is 528. The molecule has 2 aromatic rings. The van der Waals surface area contributed by atoms with Gasteiger partial charge in [0.05, 0.1) is 6.61 Å². The molecule has 0 bridgehead atoms. The minimum absolute atomic E-state index is 0.637. The maximum absolute atomic E-state index is 11.1. The van der Waals surface area contributed by atoms with Crippen LogP contribution >= 0.6 is 0 Å². The zero-order valence-corrected chi connectivity index (χ0v) is 10.3. The molecule has 90 valence electrons. The fraction of sp³-hybridized carbons (Fsp3) is 0.357. The molecule has 0 saturated heterocycles. The highest BCUT2D eigenvalue weighted by Gasteiger charge is 2.08. The molecule has 1 aromatic heterocycles. The maximum Gasteiger partial charge on any atom is 0.152 e. The first-order chi connectivity index (χ1) is 8.30. The van der Waals surface area contributed by atoms with Gasteiger partial charge in [-0.15, -0.1) is 0 Å². The quantitative estimate of drug-likeness (QED) is 0.739. The van der Waals surface area contributed by atoms with Crippen LogP contribution in [0.15, 0.2) is 24.4 Å². The zero-order chi connectivity index (χ0) is 12.3. The second-order valence-electron chi connectivity index (χ2n) is 4.01. The van der Waals surface area contributed by atoms with Gasteiger partial charge < -0.3 is 9.30 Å². The molecule has 1 aromatic carbocycles. The van der Waals surface area contributed by atoms with Gasteiger partial charge in [0.1, 0.15) is 5.75 Å². The normalized spacial score (nSPS) is 10.7. The summed E-state index contributed by atoms with van der Waals surface area (Å²) in [5, 5.41) is 0.972. The van der Waals surface area contributed by atoms with Gasteiger partial charge in [-0.3, -0.25) is 4.79 Å². The molecule has 0 N–H and O–H groups in total. The Kier molecular flexibility index (Phi) is 3.47. The van der Waals surface area contributed by atoms with Crippen LogP contribution in [0.2, 0.25) is 0 Å². The summed E-state index contributed by atoms with van der Waals surface area (Å²) >= 11 is 0. The lowest BCUT2D eigenvalue weighted by Crippen LogP contribution is -1.94. The summed E-state index contributed by atoms with van der Waals surface area (Å²) in [5.74, 6) is 0.817. The summed E-state index contributed by atoms with van der Waals surface area (Å²) in [4.78, 5) is 11.1. The van der Waals surface area contributed by atoms with Gasteiger partial charge in [-0.25, -0.2) is 0 Å². The smallest absolute Gasteiger partial charge is 0.152 e. The molecule has 3 nitrogen and oxygen atoms in total. The number of fused-ring (bicyclic) bond motifs is 1. The predicted octanol–water partition coefficient (Wildman–Crippen LogP) is 3.26. The molecule has 1 heterocycles. The van der Waals surface area contributed by atoms with E-state index in [0.717, 1.165) is 41.5 Å². The van der Waals surface area contributed by atoms with Crippen LogP contribution in [-0.4, -0.2) is 17.5 Å². The Labute approximate surface area is 101 Å². The fourth-order valence-electron chi connectivity index (χ4n) is 2.08. The Morgan fingerprint density at radius 1 is 1.35 bits per heavy atom. The lowest BCUT2D eigenvalue weighted by molar-refractivity contribution is 0.112. The van der Waals surface area contributed by atoms with Gasteiger partial charge in [0.25, 0.3) is 0 Å². The number of hydrogen-bond acceptors (Lipinski definition) is 2. The predicted molar refractivity (Wildman–Crippen MR) is 68.8 cm³/mol. The van der Waals surface area contributed by atoms with Gasteiger partial charge in [0.15, 0.2) is 6.29 Å². The number of aldehydes is 1. The number of rotatable bonds is 5. The summed E-state index contributed by atoms with van der Waals surface area (Å²) in [6.45, 7) is 5.64. The second-order valence-corrected chi connectivity index (χ2v) is 4.01. The minimum Gasteiger partial charge on any atom is -0.494 e. The highest BCUT2D eigenvalue weighted by molar-refractivity contribution is 5.98. The molecule has 0 fully saturated rings. The number of carbonyl (C=O) groups is 1. The number of aryl methyl sites for hydroxylation is 1. The third-order valence-corrected chi connectivity index (χ3v) is 2.79. The first kappa shape index (κ1) is 11.7. The molecule has 2 rings (SSSR count). The molecule has 0 amide bonds. The molecule has 0 aliphatic rings. The topological polar surface area (TPSA) is 31.2 Å². The molecule has 0 spiro atoms. The molecule has 0 aliphatic heterocycles. The van der Waals surface area contributed by atoms with Gasteiger partial charge in [0, 0.05) is 29.2 Å². The van der Waals surface area contributed by atoms with Crippen molar-refractivity contribution >= 4 is 17.2 Å². The second kappa shape index (κ2) is 5.04. The average molecular weight is 231 g/mol. The molecule has 0 radical (unpaired) electrons. The Morgan fingerprint density at radius 2 is 2.18 bits per heavy atom. The lowest BCUT2D eigenvalue weighted by Gasteiger charge is -2.05. The van der Waals surface area contributed by atoms with Crippen molar-refractivity contribution in [1.29, 1.82) is 0 Å². The van der Waals surface area contributed by atoms with Crippen LogP contribution in [0.1, 0.15) is 30.6 Å². The maximum atomic E-state index is 11.1. The van der Waals surface area contributed by atoms with E-state index < -0.39 is 0 Å². The van der Waals surface area contributed by atoms with Crippen molar-refractivity contribution in [3.8, 4) is 5.75 Å². The van der Waals surface area contributed by atoms with Crippen LogP contribution in [0.4, 0.5) is 0 Å².